The second-order valence-electron chi connectivity index (χ2n) is 4.05. The highest BCUT2D eigenvalue weighted by atomic mass is 16.2. The van der Waals surface area contributed by atoms with Crippen LogP contribution in [0, 0.1) is 0 Å². The Morgan fingerprint density at radius 2 is 2.00 bits per heavy atom. The van der Waals surface area contributed by atoms with E-state index in [4.69, 9.17) is 5.73 Å². The van der Waals surface area contributed by atoms with Crippen molar-refractivity contribution in [3.8, 4) is 0 Å². The van der Waals surface area contributed by atoms with E-state index in [-0.39, 0.29) is 5.91 Å². The quantitative estimate of drug-likeness (QED) is 0.792. The van der Waals surface area contributed by atoms with E-state index in [9.17, 15) is 4.79 Å². The molecule has 0 spiro atoms. The Hall–Kier alpha value is -1.35. The molecule has 3 heteroatoms. The molecule has 1 aromatic rings. The molecule has 0 aromatic heterocycles. The lowest BCUT2D eigenvalue weighted by Gasteiger charge is -2.17. The van der Waals surface area contributed by atoms with Crippen molar-refractivity contribution in [2.45, 2.75) is 32.2 Å². The van der Waals surface area contributed by atoms with Gasteiger partial charge >= 0.3 is 0 Å². The smallest absolute Gasteiger partial charge is 0.236 e. The normalized spacial score (nSPS) is 14.2. The van der Waals surface area contributed by atoms with Gasteiger partial charge in [-0.25, -0.2) is 0 Å². The standard InChI is InChI=1S/C13H20N2O/c1-3-11(9-15-13(16)10(2)14)12-7-5-4-6-8-12/h4-8,10-11H,3,9,14H2,1-2H3,(H,15,16). The van der Waals surface area contributed by atoms with Crippen molar-refractivity contribution in [3.05, 3.63) is 35.9 Å². The molecule has 2 atom stereocenters. The summed E-state index contributed by atoms with van der Waals surface area (Å²) in [7, 11) is 0. The highest BCUT2D eigenvalue weighted by Gasteiger charge is 2.12. The van der Waals surface area contributed by atoms with Gasteiger partial charge in [0, 0.05) is 12.5 Å². The second-order valence-corrected chi connectivity index (χ2v) is 4.05. The van der Waals surface area contributed by atoms with Crippen LogP contribution in [-0.2, 0) is 4.79 Å². The van der Waals surface area contributed by atoms with E-state index in [0.717, 1.165) is 6.42 Å². The first-order valence-electron chi connectivity index (χ1n) is 5.73. The number of benzene rings is 1. The van der Waals surface area contributed by atoms with Crippen LogP contribution < -0.4 is 11.1 Å². The number of carbonyl (C=O) groups excluding carboxylic acids is 1. The first-order chi connectivity index (χ1) is 7.65. The molecule has 16 heavy (non-hydrogen) atoms. The molecule has 0 aliphatic carbocycles. The van der Waals surface area contributed by atoms with Crippen molar-refractivity contribution in [3.63, 3.8) is 0 Å². The highest BCUT2D eigenvalue weighted by molar-refractivity contribution is 5.80. The number of nitrogens with two attached hydrogens (primary N) is 1. The molecule has 0 radical (unpaired) electrons. The number of hydrogen-bond donors (Lipinski definition) is 2. The van der Waals surface area contributed by atoms with Gasteiger partial charge in [0.1, 0.15) is 0 Å². The van der Waals surface area contributed by atoms with Gasteiger partial charge in [-0.3, -0.25) is 4.79 Å². The van der Waals surface area contributed by atoms with E-state index in [1.54, 1.807) is 6.92 Å². The summed E-state index contributed by atoms with van der Waals surface area (Å²) in [5.41, 5.74) is 6.75. The van der Waals surface area contributed by atoms with Crippen LogP contribution in [0.5, 0.6) is 0 Å². The van der Waals surface area contributed by atoms with E-state index in [1.807, 2.05) is 18.2 Å². The molecule has 1 amide bonds. The maximum atomic E-state index is 11.4. The zero-order valence-corrected chi connectivity index (χ0v) is 9.94. The van der Waals surface area contributed by atoms with Crippen LogP contribution in [0.2, 0.25) is 0 Å². The molecule has 0 aliphatic heterocycles. The van der Waals surface area contributed by atoms with Crippen LogP contribution in [0.25, 0.3) is 0 Å². The topological polar surface area (TPSA) is 55.1 Å². The zero-order valence-electron chi connectivity index (χ0n) is 9.94. The predicted molar refractivity (Wildman–Crippen MR) is 66.1 cm³/mol. The van der Waals surface area contributed by atoms with Crippen molar-refractivity contribution >= 4 is 5.91 Å². The Morgan fingerprint density at radius 1 is 1.38 bits per heavy atom. The number of nitrogens with one attached hydrogen (secondary N) is 1. The molecule has 88 valence electrons. The van der Waals surface area contributed by atoms with Crippen molar-refractivity contribution in [1.82, 2.24) is 5.32 Å². The van der Waals surface area contributed by atoms with Crippen molar-refractivity contribution in [2.75, 3.05) is 6.54 Å². The molecule has 2 unspecified atom stereocenters. The summed E-state index contributed by atoms with van der Waals surface area (Å²) < 4.78 is 0. The third-order valence-corrected chi connectivity index (χ3v) is 2.70. The molecular formula is C13H20N2O. The van der Waals surface area contributed by atoms with Crippen molar-refractivity contribution < 1.29 is 4.79 Å². The molecular weight excluding hydrogens is 200 g/mol. The molecule has 0 aliphatic rings. The van der Waals surface area contributed by atoms with Crippen LogP contribution in [0.3, 0.4) is 0 Å². The summed E-state index contributed by atoms with van der Waals surface area (Å²) in [5, 5.41) is 2.87. The third kappa shape index (κ3) is 3.66. The zero-order chi connectivity index (χ0) is 12.0. The summed E-state index contributed by atoms with van der Waals surface area (Å²) in [4.78, 5) is 11.4. The summed E-state index contributed by atoms with van der Waals surface area (Å²) in [5.74, 6) is 0.276. The molecule has 3 N–H and O–H groups in total. The Balaban J connectivity index is 2.54. The van der Waals surface area contributed by atoms with Crippen LogP contribution in [-0.4, -0.2) is 18.5 Å². The fourth-order valence-corrected chi connectivity index (χ4v) is 1.61. The predicted octanol–water partition coefficient (Wildman–Crippen LogP) is 1.64. The highest BCUT2D eigenvalue weighted by Crippen LogP contribution is 2.17. The first-order valence-corrected chi connectivity index (χ1v) is 5.73. The monoisotopic (exact) mass is 220 g/mol. The minimum Gasteiger partial charge on any atom is -0.354 e. The number of carbonyl (C=O) groups is 1. The van der Waals surface area contributed by atoms with Gasteiger partial charge in [0.25, 0.3) is 0 Å². The second kappa shape index (κ2) is 6.28. The van der Waals surface area contributed by atoms with Gasteiger partial charge in [-0.1, -0.05) is 37.3 Å². The van der Waals surface area contributed by atoms with Gasteiger partial charge < -0.3 is 11.1 Å². The van der Waals surface area contributed by atoms with Gasteiger partial charge in [0.15, 0.2) is 0 Å². The van der Waals surface area contributed by atoms with Crippen LogP contribution in [0.15, 0.2) is 30.3 Å². The minimum absolute atomic E-state index is 0.0885. The number of hydrogen-bond acceptors (Lipinski definition) is 2. The van der Waals surface area contributed by atoms with Gasteiger partial charge in [-0.2, -0.15) is 0 Å². The van der Waals surface area contributed by atoms with Crippen LogP contribution in [0.4, 0.5) is 0 Å². The first kappa shape index (κ1) is 12.7. The van der Waals surface area contributed by atoms with E-state index < -0.39 is 6.04 Å². The van der Waals surface area contributed by atoms with Gasteiger partial charge in [0.05, 0.1) is 6.04 Å². The maximum Gasteiger partial charge on any atom is 0.236 e. The summed E-state index contributed by atoms with van der Waals surface area (Å²) >= 11 is 0. The average molecular weight is 220 g/mol. The summed E-state index contributed by atoms with van der Waals surface area (Å²) in [6.07, 6.45) is 1.00. The Morgan fingerprint density at radius 3 is 2.50 bits per heavy atom. The van der Waals surface area contributed by atoms with Crippen molar-refractivity contribution in [2.24, 2.45) is 5.73 Å². The number of amides is 1. The largest absolute Gasteiger partial charge is 0.354 e. The maximum absolute atomic E-state index is 11.4. The molecule has 0 bridgehead atoms. The SMILES string of the molecule is CCC(CNC(=O)C(C)N)c1ccccc1. The Kier molecular flexibility index (Phi) is 4.99. The van der Waals surface area contributed by atoms with E-state index in [1.165, 1.54) is 5.56 Å². The lowest BCUT2D eigenvalue weighted by Crippen LogP contribution is -2.40. The minimum atomic E-state index is -0.437. The van der Waals surface area contributed by atoms with E-state index in [0.29, 0.717) is 12.5 Å². The Bertz CT molecular complexity index is 322. The van der Waals surface area contributed by atoms with E-state index in [2.05, 4.69) is 24.4 Å². The molecule has 3 nitrogen and oxygen atoms in total. The van der Waals surface area contributed by atoms with Gasteiger partial charge in [-0.15, -0.1) is 0 Å². The Labute approximate surface area is 97.0 Å². The molecule has 0 fully saturated rings. The molecule has 1 aromatic carbocycles. The van der Waals surface area contributed by atoms with Gasteiger partial charge in [-0.05, 0) is 18.9 Å². The molecule has 1 rings (SSSR count). The van der Waals surface area contributed by atoms with Crippen LogP contribution in [0.1, 0.15) is 31.7 Å². The molecule has 0 heterocycles. The van der Waals surface area contributed by atoms with E-state index >= 15 is 0 Å². The molecule has 0 saturated carbocycles. The fourth-order valence-electron chi connectivity index (χ4n) is 1.61. The average Bonchev–Trinajstić information content (AvgIpc) is 2.30. The number of rotatable bonds is 5. The summed E-state index contributed by atoms with van der Waals surface area (Å²) in [6, 6.07) is 9.78. The lowest BCUT2D eigenvalue weighted by molar-refractivity contribution is -0.122. The van der Waals surface area contributed by atoms with Crippen LogP contribution >= 0.6 is 0 Å². The fraction of sp³-hybridized carbons (Fsp3) is 0.462. The lowest BCUT2D eigenvalue weighted by atomic mass is 9.96. The van der Waals surface area contributed by atoms with Gasteiger partial charge in [0.2, 0.25) is 5.91 Å². The molecule has 0 saturated heterocycles. The third-order valence-electron chi connectivity index (χ3n) is 2.70. The summed E-state index contributed by atoms with van der Waals surface area (Å²) in [6.45, 7) is 4.47. The van der Waals surface area contributed by atoms with Crippen molar-refractivity contribution in [1.29, 1.82) is 0 Å².